The van der Waals surface area contributed by atoms with Crippen LogP contribution in [0.4, 0.5) is 4.39 Å². The van der Waals surface area contributed by atoms with E-state index < -0.39 is 0 Å². The number of guanidine groups is 1. The summed E-state index contributed by atoms with van der Waals surface area (Å²) in [5.74, 6) is 0.254. The number of hydrogen-bond acceptors (Lipinski definition) is 2. The summed E-state index contributed by atoms with van der Waals surface area (Å²) in [7, 11) is 1.65. The Kier molecular flexibility index (Phi) is 8.22. The summed E-state index contributed by atoms with van der Waals surface area (Å²) >= 11 is 0. The molecule has 28 heavy (non-hydrogen) atoms. The Morgan fingerprint density at radius 1 is 1.04 bits per heavy atom. The van der Waals surface area contributed by atoms with Gasteiger partial charge in [-0.1, -0.05) is 48.5 Å². The largest absolute Gasteiger partial charge is 0.356 e. The summed E-state index contributed by atoms with van der Waals surface area (Å²) in [6, 6.07) is 16.7. The summed E-state index contributed by atoms with van der Waals surface area (Å²) < 4.78 is 14.1. The number of aliphatic imine (C=N–C) groups is 1. The van der Waals surface area contributed by atoms with E-state index in [1.165, 1.54) is 6.07 Å². The van der Waals surface area contributed by atoms with E-state index in [1.54, 1.807) is 13.1 Å². The fourth-order valence-corrected chi connectivity index (χ4v) is 3.08. The minimum absolute atomic E-state index is 0. The van der Waals surface area contributed by atoms with Crippen LogP contribution in [0, 0.1) is 5.82 Å². The monoisotopic (exact) mass is 496 g/mol. The highest BCUT2D eigenvalue weighted by molar-refractivity contribution is 14.0. The Balaban J connectivity index is 0.00000280. The SMILES string of the molecule is CN=C(NCC(=O)NCc1ccccc1)NCC1(c2ccccc2F)CC1.I. The molecule has 3 rings (SSSR count). The summed E-state index contributed by atoms with van der Waals surface area (Å²) in [4.78, 5) is 16.2. The van der Waals surface area contributed by atoms with Gasteiger partial charge in [0, 0.05) is 25.6 Å². The molecule has 1 amide bonds. The lowest BCUT2D eigenvalue weighted by molar-refractivity contribution is -0.120. The van der Waals surface area contributed by atoms with Crippen molar-refractivity contribution in [3.63, 3.8) is 0 Å². The predicted molar refractivity (Wildman–Crippen MR) is 120 cm³/mol. The number of carbonyl (C=O) groups excluding carboxylic acids is 1. The maximum atomic E-state index is 14.1. The lowest BCUT2D eigenvalue weighted by atomic mass is 9.95. The zero-order valence-corrected chi connectivity index (χ0v) is 18.2. The number of halogens is 2. The Labute approximate surface area is 182 Å². The molecule has 2 aromatic rings. The average molecular weight is 496 g/mol. The molecule has 0 radical (unpaired) electrons. The third kappa shape index (κ3) is 5.92. The van der Waals surface area contributed by atoms with Crippen LogP contribution in [-0.4, -0.2) is 32.0 Å². The lowest BCUT2D eigenvalue weighted by Gasteiger charge is -2.19. The fraction of sp³-hybridized carbons (Fsp3) is 0.333. The summed E-state index contributed by atoms with van der Waals surface area (Å²) in [6.07, 6.45) is 1.88. The molecule has 0 spiro atoms. The second-order valence-electron chi connectivity index (χ2n) is 6.80. The number of rotatable bonds is 7. The number of carbonyl (C=O) groups is 1. The third-order valence-electron chi connectivity index (χ3n) is 4.87. The van der Waals surface area contributed by atoms with Gasteiger partial charge in [-0.05, 0) is 30.0 Å². The van der Waals surface area contributed by atoms with Gasteiger partial charge in [0.05, 0.1) is 6.54 Å². The molecule has 1 fully saturated rings. The van der Waals surface area contributed by atoms with Crippen molar-refractivity contribution < 1.29 is 9.18 Å². The second-order valence-corrected chi connectivity index (χ2v) is 6.80. The molecular weight excluding hydrogens is 470 g/mol. The van der Waals surface area contributed by atoms with Crippen LogP contribution in [0.1, 0.15) is 24.0 Å². The van der Waals surface area contributed by atoms with Gasteiger partial charge in [0.15, 0.2) is 5.96 Å². The first-order chi connectivity index (χ1) is 13.1. The molecule has 1 aliphatic carbocycles. The molecule has 1 aliphatic rings. The summed E-state index contributed by atoms with van der Waals surface area (Å²) in [5.41, 5.74) is 1.61. The Bertz CT molecular complexity index is 809. The molecule has 0 atom stereocenters. The second kappa shape index (κ2) is 10.4. The highest BCUT2D eigenvalue weighted by atomic mass is 127. The molecule has 5 nitrogen and oxygen atoms in total. The van der Waals surface area contributed by atoms with Crippen molar-refractivity contribution in [1.29, 1.82) is 0 Å². The molecule has 2 aromatic carbocycles. The first-order valence-electron chi connectivity index (χ1n) is 9.13. The predicted octanol–water partition coefficient (Wildman–Crippen LogP) is 2.96. The van der Waals surface area contributed by atoms with Gasteiger partial charge in [0.25, 0.3) is 0 Å². The van der Waals surface area contributed by atoms with Gasteiger partial charge in [0.1, 0.15) is 5.82 Å². The van der Waals surface area contributed by atoms with E-state index in [1.807, 2.05) is 42.5 Å². The van der Waals surface area contributed by atoms with E-state index in [0.717, 1.165) is 24.0 Å². The van der Waals surface area contributed by atoms with E-state index in [0.29, 0.717) is 19.0 Å². The standard InChI is InChI=1S/C21H25FN4O.HI/c1-23-20(25-14-19(27)24-13-16-7-3-2-4-8-16)26-15-21(11-12-21)17-9-5-6-10-18(17)22;/h2-10H,11-15H2,1H3,(H,24,27)(H2,23,25,26);1H. The van der Waals surface area contributed by atoms with Gasteiger partial charge in [-0.3, -0.25) is 9.79 Å². The molecule has 0 heterocycles. The van der Waals surface area contributed by atoms with Gasteiger partial charge in [-0.15, -0.1) is 24.0 Å². The normalized spacial score (nSPS) is 14.6. The zero-order valence-electron chi connectivity index (χ0n) is 15.9. The quantitative estimate of drug-likeness (QED) is 0.314. The molecule has 0 bridgehead atoms. The maximum absolute atomic E-state index is 14.1. The number of nitrogens with one attached hydrogen (secondary N) is 3. The van der Waals surface area contributed by atoms with Gasteiger partial charge in [0.2, 0.25) is 5.91 Å². The van der Waals surface area contributed by atoms with Crippen LogP contribution in [0.2, 0.25) is 0 Å². The van der Waals surface area contributed by atoms with Crippen LogP contribution in [0.25, 0.3) is 0 Å². The highest BCUT2D eigenvalue weighted by Crippen LogP contribution is 2.48. The first-order valence-corrected chi connectivity index (χ1v) is 9.13. The molecule has 3 N–H and O–H groups in total. The van der Waals surface area contributed by atoms with Crippen LogP contribution < -0.4 is 16.0 Å². The van der Waals surface area contributed by atoms with Crippen molar-refractivity contribution in [2.75, 3.05) is 20.1 Å². The minimum atomic E-state index is -0.182. The zero-order chi connectivity index (χ0) is 19.1. The van der Waals surface area contributed by atoms with Crippen LogP contribution in [0.5, 0.6) is 0 Å². The lowest BCUT2D eigenvalue weighted by Crippen LogP contribution is -2.45. The van der Waals surface area contributed by atoms with Gasteiger partial charge >= 0.3 is 0 Å². The number of benzene rings is 2. The Hall–Kier alpha value is -2.16. The smallest absolute Gasteiger partial charge is 0.239 e. The number of nitrogens with zero attached hydrogens (tertiary/aromatic N) is 1. The molecule has 0 aliphatic heterocycles. The number of hydrogen-bond donors (Lipinski definition) is 3. The maximum Gasteiger partial charge on any atom is 0.239 e. The van der Waals surface area contributed by atoms with Crippen molar-refractivity contribution in [2.24, 2.45) is 4.99 Å². The molecule has 150 valence electrons. The van der Waals surface area contributed by atoms with E-state index in [9.17, 15) is 9.18 Å². The van der Waals surface area contributed by atoms with Gasteiger partial charge in [-0.2, -0.15) is 0 Å². The van der Waals surface area contributed by atoms with Crippen LogP contribution >= 0.6 is 24.0 Å². The summed E-state index contributed by atoms with van der Waals surface area (Å²) in [6.45, 7) is 1.20. The highest BCUT2D eigenvalue weighted by Gasteiger charge is 2.45. The van der Waals surface area contributed by atoms with Crippen LogP contribution in [-0.2, 0) is 16.8 Å². The topological polar surface area (TPSA) is 65.5 Å². The molecule has 7 heteroatoms. The van der Waals surface area contributed by atoms with E-state index in [-0.39, 0.29) is 47.7 Å². The molecule has 0 unspecified atom stereocenters. The first kappa shape index (κ1) is 22.1. The van der Waals surface area contributed by atoms with E-state index in [4.69, 9.17) is 0 Å². The molecular formula is C21H26FIN4O. The van der Waals surface area contributed by atoms with Crippen molar-refractivity contribution in [3.8, 4) is 0 Å². The van der Waals surface area contributed by atoms with Crippen molar-refractivity contribution >= 4 is 35.8 Å². The number of amides is 1. The third-order valence-corrected chi connectivity index (χ3v) is 4.87. The van der Waals surface area contributed by atoms with Crippen LogP contribution in [0.3, 0.4) is 0 Å². The fourth-order valence-electron chi connectivity index (χ4n) is 3.08. The van der Waals surface area contributed by atoms with Crippen molar-refractivity contribution in [3.05, 3.63) is 71.5 Å². The molecule has 0 aromatic heterocycles. The Morgan fingerprint density at radius 2 is 1.71 bits per heavy atom. The van der Waals surface area contributed by atoms with Crippen LogP contribution in [0.15, 0.2) is 59.6 Å². The van der Waals surface area contributed by atoms with Crippen molar-refractivity contribution in [1.82, 2.24) is 16.0 Å². The average Bonchev–Trinajstić information content (AvgIpc) is 3.48. The van der Waals surface area contributed by atoms with E-state index >= 15 is 0 Å². The Morgan fingerprint density at radius 3 is 2.36 bits per heavy atom. The molecule has 0 saturated heterocycles. The molecule has 1 saturated carbocycles. The van der Waals surface area contributed by atoms with Gasteiger partial charge < -0.3 is 16.0 Å². The van der Waals surface area contributed by atoms with Crippen molar-refractivity contribution in [2.45, 2.75) is 24.8 Å². The summed E-state index contributed by atoms with van der Waals surface area (Å²) in [5, 5.41) is 9.09. The van der Waals surface area contributed by atoms with Gasteiger partial charge in [-0.25, -0.2) is 4.39 Å². The van der Waals surface area contributed by atoms with E-state index in [2.05, 4.69) is 20.9 Å². The minimum Gasteiger partial charge on any atom is -0.356 e.